The van der Waals surface area contributed by atoms with Crippen LogP contribution in [0, 0.1) is 0 Å². The average molecular weight is 326 g/mol. The zero-order valence-corrected chi connectivity index (χ0v) is 13.7. The highest BCUT2D eigenvalue weighted by Gasteiger charge is 2.38. The lowest BCUT2D eigenvalue weighted by Crippen LogP contribution is -2.52. The van der Waals surface area contributed by atoms with E-state index in [1.807, 2.05) is 0 Å². The molecule has 0 aliphatic rings. The Bertz CT molecular complexity index is 466. The molecule has 9 heteroatoms. The lowest BCUT2D eigenvalue weighted by molar-refractivity contribution is 0.0455. The molecular formula is C12H24NO7S+. The minimum atomic E-state index is -3.51. The van der Waals surface area contributed by atoms with Crippen LogP contribution in [0.5, 0.6) is 0 Å². The summed E-state index contributed by atoms with van der Waals surface area (Å²) in [6.45, 7) is 6.59. The summed E-state index contributed by atoms with van der Waals surface area (Å²) in [5, 5.41) is 12.1. The molecule has 0 rings (SSSR count). The van der Waals surface area contributed by atoms with Crippen LogP contribution in [0.4, 0.5) is 4.79 Å². The molecule has 3 N–H and O–H groups in total. The van der Waals surface area contributed by atoms with Gasteiger partial charge in [0.15, 0.2) is 6.61 Å². The Morgan fingerprint density at radius 3 is 2.29 bits per heavy atom. The second kappa shape index (κ2) is 7.60. The number of carbonyl (C=O) groups is 1. The molecule has 0 fully saturated rings. The van der Waals surface area contributed by atoms with Crippen molar-refractivity contribution in [2.24, 2.45) is 0 Å². The molecule has 1 amide bonds. The zero-order chi connectivity index (χ0) is 16.8. The Hall–Kier alpha value is -1.35. The molecule has 21 heavy (non-hydrogen) atoms. The summed E-state index contributed by atoms with van der Waals surface area (Å²) in [5.74, 6) is -1.33. The first-order valence-corrected chi connectivity index (χ1v) is 8.45. The van der Waals surface area contributed by atoms with Gasteiger partial charge in [-0.25, -0.2) is 13.2 Å². The molecule has 0 saturated carbocycles. The Balaban J connectivity index is 4.98. The second-order valence-electron chi connectivity index (χ2n) is 5.55. The number of carbonyl (C=O) groups excluding carboxylic acids is 2. The Labute approximate surface area is 124 Å². The molecule has 0 aliphatic heterocycles. The number of esters is 1. The standard InChI is InChI=1S/C12H23NO7S/c1-6-19-10(15)9(8(14)7-21(5,17)18)13-11(16)20-12(2,3)4/h8-9,14H,6-7H2,1-5H3,(H,13,16)/p+1. The number of nitrogens with one attached hydrogen (secondary N) is 1. The number of hydrogen-bond acceptors (Lipinski definition) is 6. The quantitative estimate of drug-likeness (QED) is 0.516. The van der Waals surface area contributed by atoms with Crippen molar-refractivity contribution < 1.29 is 32.6 Å². The topological polar surface area (TPSA) is 123 Å². The van der Waals surface area contributed by atoms with E-state index in [9.17, 15) is 23.1 Å². The maximum absolute atomic E-state index is 11.7. The zero-order valence-electron chi connectivity index (χ0n) is 12.9. The van der Waals surface area contributed by atoms with Crippen LogP contribution in [0.15, 0.2) is 0 Å². The lowest BCUT2D eigenvalue weighted by Gasteiger charge is -2.23. The summed E-state index contributed by atoms with van der Waals surface area (Å²) in [4.78, 5) is 21.4. The average Bonchev–Trinajstić information content (AvgIpc) is 2.20. The highest BCUT2D eigenvalue weighted by Crippen LogP contribution is 2.08. The van der Waals surface area contributed by atoms with Gasteiger partial charge in [-0.05, 0) is 27.7 Å². The van der Waals surface area contributed by atoms with E-state index < -0.39 is 45.4 Å². The number of alkyl carbamates (subject to hydrolysis) is 1. The van der Waals surface area contributed by atoms with Crippen LogP contribution in [-0.4, -0.2) is 66.7 Å². The van der Waals surface area contributed by atoms with Crippen molar-refractivity contribution in [2.75, 3.05) is 18.6 Å². The monoisotopic (exact) mass is 326 g/mol. The van der Waals surface area contributed by atoms with Gasteiger partial charge in [-0.15, -0.1) is 0 Å². The van der Waals surface area contributed by atoms with Crippen LogP contribution in [0.2, 0.25) is 0 Å². The van der Waals surface area contributed by atoms with Crippen molar-refractivity contribution in [3.05, 3.63) is 0 Å². The molecule has 124 valence electrons. The summed E-state index contributed by atoms with van der Waals surface area (Å²) >= 11 is 0. The first-order valence-electron chi connectivity index (χ1n) is 6.39. The van der Waals surface area contributed by atoms with Gasteiger partial charge in [0.2, 0.25) is 6.04 Å². The van der Waals surface area contributed by atoms with E-state index in [0.29, 0.717) is 0 Å². The van der Waals surface area contributed by atoms with Gasteiger partial charge in [0.05, 0.1) is 5.75 Å². The van der Waals surface area contributed by atoms with E-state index >= 15 is 0 Å². The number of aliphatic hydroxyl groups is 1. The fourth-order valence-electron chi connectivity index (χ4n) is 1.40. The predicted molar refractivity (Wildman–Crippen MR) is 77.4 cm³/mol. The molecule has 0 aromatic carbocycles. The van der Waals surface area contributed by atoms with E-state index in [4.69, 9.17) is 9.47 Å². The van der Waals surface area contributed by atoms with Crippen LogP contribution >= 0.6 is 0 Å². The number of hydrogen-bond donors (Lipinski definition) is 2. The summed E-state index contributed by atoms with van der Waals surface area (Å²) in [6.07, 6.45) is -1.55. The van der Waals surface area contributed by atoms with Gasteiger partial charge >= 0.3 is 12.1 Å². The van der Waals surface area contributed by atoms with Crippen LogP contribution in [-0.2, 0) is 19.3 Å². The molecule has 0 spiro atoms. The first kappa shape index (κ1) is 19.7. The van der Waals surface area contributed by atoms with Gasteiger partial charge in [0, 0.05) is 6.26 Å². The highest BCUT2D eigenvalue weighted by molar-refractivity contribution is 7.90. The fraction of sp³-hybridized carbons (Fsp3) is 0.833. The Morgan fingerprint density at radius 2 is 1.90 bits per heavy atom. The highest BCUT2D eigenvalue weighted by atomic mass is 32.2. The third-order valence-electron chi connectivity index (χ3n) is 2.09. The summed E-state index contributed by atoms with van der Waals surface area (Å²) in [5.41, 5.74) is -0.780. The van der Waals surface area contributed by atoms with Crippen molar-refractivity contribution in [3.8, 4) is 0 Å². The normalized spacial score (nSPS) is 15.0. The van der Waals surface area contributed by atoms with E-state index in [1.165, 1.54) is 0 Å². The summed E-state index contributed by atoms with van der Waals surface area (Å²) < 4.78 is 32.2. The number of ether oxygens (including phenoxy) is 2. The van der Waals surface area contributed by atoms with Crippen LogP contribution in [0.3, 0.4) is 0 Å². The molecule has 0 aromatic rings. The van der Waals surface area contributed by atoms with E-state index in [0.717, 1.165) is 6.26 Å². The summed E-state index contributed by atoms with van der Waals surface area (Å²) in [7, 11) is -3.51. The van der Waals surface area contributed by atoms with Gasteiger partial charge in [-0.1, -0.05) is 0 Å². The van der Waals surface area contributed by atoms with E-state index in [-0.39, 0.29) is 6.61 Å². The molecule has 0 aromatic heterocycles. The maximum atomic E-state index is 11.7. The SMILES string of the molecule is CCOC(=[OH+])C(NC(=O)OC(C)(C)C)C(O)CS(C)(=O)=O. The molecule has 2 unspecified atom stereocenters. The van der Waals surface area contributed by atoms with Gasteiger partial charge in [0.1, 0.15) is 21.5 Å². The van der Waals surface area contributed by atoms with Crippen molar-refractivity contribution in [1.82, 2.24) is 5.32 Å². The number of amides is 1. The van der Waals surface area contributed by atoms with Crippen LogP contribution < -0.4 is 5.32 Å². The predicted octanol–water partition coefficient (Wildman–Crippen LogP) is -0.176. The minimum Gasteiger partial charge on any atom is -0.444 e. The number of rotatable bonds is 6. The van der Waals surface area contributed by atoms with E-state index in [2.05, 4.69) is 5.32 Å². The molecule has 0 radical (unpaired) electrons. The maximum Gasteiger partial charge on any atom is 0.509 e. The molecule has 0 bridgehead atoms. The molecule has 8 nitrogen and oxygen atoms in total. The van der Waals surface area contributed by atoms with Gasteiger partial charge < -0.3 is 24.7 Å². The third kappa shape index (κ3) is 9.24. The second-order valence-corrected chi connectivity index (χ2v) is 7.74. The van der Waals surface area contributed by atoms with Crippen molar-refractivity contribution in [3.63, 3.8) is 0 Å². The molecule has 0 heterocycles. The molecular weight excluding hydrogens is 302 g/mol. The number of aliphatic hydroxyl groups excluding tert-OH is 1. The Morgan fingerprint density at radius 1 is 1.38 bits per heavy atom. The van der Waals surface area contributed by atoms with Gasteiger partial charge in [-0.2, -0.15) is 0 Å². The molecule has 2 atom stereocenters. The van der Waals surface area contributed by atoms with E-state index in [1.54, 1.807) is 27.7 Å². The largest absolute Gasteiger partial charge is 0.509 e. The van der Waals surface area contributed by atoms with Gasteiger partial charge in [-0.3, -0.25) is 0 Å². The first-order chi connectivity index (χ1) is 9.35. The molecule has 0 saturated heterocycles. The fourth-order valence-corrected chi connectivity index (χ4v) is 2.21. The Kier molecular flexibility index (Phi) is 7.11. The smallest absolute Gasteiger partial charge is 0.444 e. The lowest BCUT2D eigenvalue weighted by atomic mass is 10.2. The van der Waals surface area contributed by atoms with Gasteiger partial charge in [0.25, 0.3) is 0 Å². The van der Waals surface area contributed by atoms with Crippen molar-refractivity contribution >= 4 is 21.9 Å². The van der Waals surface area contributed by atoms with Crippen LogP contribution in [0.25, 0.3) is 0 Å². The number of sulfone groups is 1. The van der Waals surface area contributed by atoms with Crippen molar-refractivity contribution in [2.45, 2.75) is 45.4 Å². The minimum absolute atomic E-state index is 0.0872. The van der Waals surface area contributed by atoms with Crippen LogP contribution in [0.1, 0.15) is 27.7 Å². The molecule has 0 aliphatic carbocycles. The summed E-state index contributed by atoms with van der Waals surface area (Å²) in [6, 6.07) is -1.41. The van der Waals surface area contributed by atoms with Crippen molar-refractivity contribution in [1.29, 1.82) is 0 Å². The third-order valence-corrected chi connectivity index (χ3v) is 3.04.